The smallest absolute Gasteiger partial charge is 0.264 e. The average molecular weight is 368 g/mol. The molecule has 0 radical (unpaired) electrons. The fourth-order valence-corrected chi connectivity index (χ4v) is 3.27. The lowest BCUT2D eigenvalue weighted by Gasteiger charge is -2.18. The SMILES string of the molecule is C[C@H](NC(=O)CN(C)C(=O)c1cccs1)c1ncc(-c2ccccc2)[nH]1. The van der Waals surface area contributed by atoms with E-state index in [4.69, 9.17) is 0 Å². The molecule has 0 saturated carbocycles. The molecule has 0 unspecified atom stereocenters. The van der Waals surface area contributed by atoms with Gasteiger partial charge in [0.25, 0.3) is 5.91 Å². The highest BCUT2D eigenvalue weighted by Crippen LogP contribution is 2.18. The maximum Gasteiger partial charge on any atom is 0.264 e. The van der Waals surface area contributed by atoms with E-state index in [-0.39, 0.29) is 24.4 Å². The van der Waals surface area contributed by atoms with Crippen LogP contribution in [0.5, 0.6) is 0 Å². The van der Waals surface area contributed by atoms with Crippen LogP contribution in [-0.4, -0.2) is 40.3 Å². The summed E-state index contributed by atoms with van der Waals surface area (Å²) in [6, 6.07) is 13.1. The first kappa shape index (κ1) is 17.9. The molecule has 6 nitrogen and oxygen atoms in total. The minimum absolute atomic E-state index is 0.00662. The molecule has 134 valence electrons. The predicted octanol–water partition coefficient (Wildman–Crippen LogP) is 3.09. The van der Waals surface area contributed by atoms with Gasteiger partial charge in [0.1, 0.15) is 5.82 Å². The molecule has 0 aliphatic carbocycles. The summed E-state index contributed by atoms with van der Waals surface area (Å²) in [6.45, 7) is 1.85. The number of carbonyl (C=O) groups excluding carboxylic acids is 2. The van der Waals surface area contributed by atoms with Crippen LogP contribution in [0.1, 0.15) is 28.5 Å². The predicted molar refractivity (Wildman–Crippen MR) is 102 cm³/mol. The Labute approximate surface area is 155 Å². The molecular weight excluding hydrogens is 348 g/mol. The fraction of sp³-hybridized carbons (Fsp3) is 0.211. The van der Waals surface area contributed by atoms with E-state index in [0.29, 0.717) is 10.7 Å². The fourth-order valence-electron chi connectivity index (χ4n) is 2.55. The maximum absolute atomic E-state index is 12.2. The Morgan fingerprint density at radius 2 is 2.00 bits per heavy atom. The molecule has 0 saturated heterocycles. The number of nitrogens with zero attached hydrogens (tertiary/aromatic N) is 2. The number of aromatic nitrogens is 2. The van der Waals surface area contributed by atoms with Crippen molar-refractivity contribution in [3.8, 4) is 11.3 Å². The molecule has 0 spiro atoms. The first-order valence-electron chi connectivity index (χ1n) is 8.23. The summed E-state index contributed by atoms with van der Waals surface area (Å²) < 4.78 is 0. The summed E-state index contributed by atoms with van der Waals surface area (Å²) in [6.07, 6.45) is 1.75. The third-order valence-corrected chi connectivity index (χ3v) is 4.79. The third kappa shape index (κ3) is 4.18. The van der Waals surface area contributed by atoms with E-state index in [9.17, 15) is 9.59 Å². The number of thiophene rings is 1. The van der Waals surface area contributed by atoms with Crippen molar-refractivity contribution in [1.29, 1.82) is 0 Å². The summed E-state index contributed by atoms with van der Waals surface area (Å²) >= 11 is 1.36. The van der Waals surface area contributed by atoms with E-state index in [1.807, 2.05) is 48.7 Å². The van der Waals surface area contributed by atoms with Crippen molar-refractivity contribution in [2.75, 3.05) is 13.6 Å². The van der Waals surface area contributed by atoms with Gasteiger partial charge >= 0.3 is 0 Å². The average Bonchev–Trinajstić information content (AvgIpc) is 3.33. The first-order valence-corrected chi connectivity index (χ1v) is 9.11. The first-order chi connectivity index (χ1) is 12.5. The van der Waals surface area contributed by atoms with E-state index in [2.05, 4.69) is 15.3 Å². The molecule has 0 bridgehead atoms. The van der Waals surface area contributed by atoms with Gasteiger partial charge in [0.15, 0.2) is 0 Å². The largest absolute Gasteiger partial charge is 0.345 e. The van der Waals surface area contributed by atoms with E-state index in [1.165, 1.54) is 16.2 Å². The molecule has 0 aliphatic heterocycles. The van der Waals surface area contributed by atoms with Crippen molar-refractivity contribution >= 4 is 23.2 Å². The third-order valence-electron chi connectivity index (χ3n) is 3.93. The summed E-state index contributed by atoms with van der Waals surface area (Å²) in [4.78, 5) is 34.0. The Balaban J connectivity index is 1.57. The van der Waals surface area contributed by atoms with Crippen LogP contribution in [0.15, 0.2) is 54.0 Å². The Hall–Kier alpha value is -2.93. The van der Waals surface area contributed by atoms with Crippen LogP contribution in [0.2, 0.25) is 0 Å². The molecule has 2 heterocycles. The van der Waals surface area contributed by atoms with Crippen LogP contribution in [-0.2, 0) is 4.79 Å². The van der Waals surface area contributed by atoms with Gasteiger partial charge in [0.05, 0.1) is 29.4 Å². The van der Waals surface area contributed by atoms with E-state index in [1.54, 1.807) is 19.3 Å². The van der Waals surface area contributed by atoms with Crippen molar-refractivity contribution in [2.45, 2.75) is 13.0 Å². The van der Waals surface area contributed by atoms with Gasteiger partial charge in [-0.3, -0.25) is 9.59 Å². The van der Waals surface area contributed by atoms with Crippen LogP contribution in [0.4, 0.5) is 0 Å². The van der Waals surface area contributed by atoms with Gasteiger partial charge in [0, 0.05) is 7.05 Å². The highest BCUT2D eigenvalue weighted by Gasteiger charge is 2.18. The molecule has 0 fully saturated rings. The van der Waals surface area contributed by atoms with E-state index < -0.39 is 0 Å². The highest BCUT2D eigenvalue weighted by molar-refractivity contribution is 7.12. The summed E-state index contributed by atoms with van der Waals surface area (Å²) in [5.74, 6) is 0.277. The lowest BCUT2D eigenvalue weighted by atomic mass is 10.2. The van der Waals surface area contributed by atoms with Gasteiger partial charge in [0.2, 0.25) is 5.91 Å². The number of H-pyrrole nitrogens is 1. The zero-order valence-electron chi connectivity index (χ0n) is 14.6. The lowest BCUT2D eigenvalue weighted by molar-refractivity contribution is -0.122. The number of aromatic amines is 1. The topological polar surface area (TPSA) is 78.1 Å². The monoisotopic (exact) mass is 368 g/mol. The number of hydrogen-bond donors (Lipinski definition) is 2. The van der Waals surface area contributed by atoms with Gasteiger partial charge in [-0.05, 0) is 23.9 Å². The Bertz CT molecular complexity index is 874. The van der Waals surface area contributed by atoms with E-state index in [0.717, 1.165) is 11.3 Å². The lowest BCUT2D eigenvalue weighted by Crippen LogP contribution is -2.39. The zero-order chi connectivity index (χ0) is 18.5. The van der Waals surface area contributed by atoms with Gasteiger partial charge < -0.3 is 15.2 Å². The van der Waals surface area contributed by atoms with Crippen LogP contribution < -0.4 is 5.32 Å². The van der Waals surface area contributed by atoms with Crippen molar-refractivity contribution < 1.29 is 9.59 Å². The van der Waals surface area contributed by atoms with E-state index >= 15 is 0 Å². The summed E-state index contributed by atoms with van der Waals surface area (Å²) in [5, 5.41) is 4.71. The quantitative estimate of drug-likeness (QED) is 0.702. The zero-order valence-corrected chi connectivity index (χ0v) is 15.4. The Morgan fingerprint density at radius 3 is 2.69 bits per heavy atom. The number of carbonyl (C=O) groups is 2. The van der Waals surface area contributed by atoms with Crippen LogP contribution in [0.25, 0.3) is 11.3 Å². The second-order valence-corrected chi connectivity index (χ2v) is 6.92. The number of rotatable bonds is 6. The number of hydrogen-bond acceptors (Lipinski definition) is 4. The number of imidazole rings is 1. The molecule has 0 aliphatic rings. The molecule has 2 amide bonds. The van der Waals surface area contributed by atoms with Gasteiger partial charge in [-0.15, -0.1) is 11.3 Å². The molecule has 26 heavy (non-hydrogen) atoms. The molecule has 7 heteroatoms. The second-order valence-electron chi connectivity index (χ2n) is 5.98. The minimum atomic E-state index is -0.287. The molecular formula is C19H20N4O2S. The van der Waals surface area contributed by atoms with Crippen molar-refractivity contribution in [1.82, 2.24) is 20.2 Å². The number of nitrogens with one attached hydrogen (secondary N) is 2. The van der Waals surface area contributed by atoms with Crippen molar-refractivity contribution in [3.63, 3.8) is 0 Å². The minimum Gasteiger partial charge on any atom is -0.345 e. The molecule has 1 aromatic carbocycles. The highest BCUT2D eigenvalue weighted by atomic mass is 32.1. The Morgan fingerprint density at radius 1 is 1.23 bits per heavy atom. The molecule has 2 N–H and O–H groups in total. The van der Waals surface area contributed by atoms with Gasteiger partial charge in [-0.25, -0.2) is 4.98 Å². The molecule has 1 atom stereocenters. The second kappa shape index (κ2) is 7.97. The number of likely N-dealkylation sites (N-methyl/N-ethyl adjacent to an activating group) is 1. The summed E-state index contributed by atoms with van der Waals surface area (Å²) in [7, 11) is 1.62. The molecule has 3 rings (SSSR count). The number of amides is 2. The molecule has 3 aromatic rings. The number of benzene rings is 1. The maximum atomic E-state index is 12.2. The van der Waals surface area contributed by atoms with Crippen molar-refractivity contribution in [3.05, 3.63) is 64.7 Å². The van der Waals surface area contributed by atoms with Crippen LogP contribution in [0, 0.1) is 0 Å². The van der Waals surface area contributed by atoms with Gasteiger partial charge in [-0.1, -0.05) is 36.4 Å². The standard InChI is InChI=1S/C19H20N4O2S/c1-13(18-20-11-15(22-18)14-7-4-3-5-8-14)21-17(24)12-23(2)19(25)16-9-6-10-26-16/h3-11,13H,12H2,1-2H3,(H,20,22)(H,21,24)/t13-/m0/s1. The van der Waals surface area contributed by atoms with Gasteiger partial charge in [-0.2, -0.15) is 0 Å². The van der Waals surface area contributed by atoms with Crippen LogP contribution >= 0.6 is 11.3 Å². The Kier molecular flexibility index (Phi) is 5.48. The van der Waals surface area contributed by atoms with Crippen LogP contribution in [0.3, 0.4) is 0 Å². The molecule has 2 aromatic heterocycles. The van der Waals surface area contributed by atoms with Crippen molar-refractivity contribution in [2.24, 2.45) is 0 Å². The normalized spacial score (nSPS) is 11.8. The summed E-state index contributed by atoms with van der Waals surface area (Å²) in [5.41, 5.74) is 1.93.